The molecule has 0 saturated carbocycles. The van der Waals surface area contributed by atoms with Gasteiger partial charge in [-0.1, -0.05) is 35.5 Å². The van der Waals surface area contributed by atoms with Crippen molar-refractivity contribution < 1.29 is 4.52 Å². The van der Waals surface area contributed by atoms with Crippen molar-refractivity contribution >= 4 is 0 Å². The van der Waals surface area contributed by atoms with E-state index < -0.39 is 0 Å². The van der Waals surface area contributed by atoms with E-state index in [0.29, 0.717) is 11.7 Å². The van der Waals surface area contributed by atoms with Gasteiger partial charge in [0.05, 0.1) is 0 Å². The summed E-state index contributed by atoms with van der Waals surface area (Å²) in [5.74, 6) is 1.02. The van der Waals surface area contributed by atoms with Gasteiger partial charge in [-0.25, -0.2) is 0 Å². The summed E-state index contributed by atoms with van der Waals surface area (Å²) in [4.78, 5) is 4.27. The Morgan fingerprint density at radius 1 is 1.06 bits per heavy atom. The summed E-state index contributed by atoms with van der Waals surface area (Å²) >= 11 is 0. The number of rotatable bonds is 2. The Morgan fingerprint density at radius 2 is 1.94 bits per heavy atom. The van der Waals surface area contributed by atoms with Gasteiger partial charge in [-0.2, -0.15) is 10.1 Å². The molecule has 16 heavy (non-hydrogen) atoms. The first-order chi connectivity index (χ1) is 7.93. The highest BCUT2D eigenvalue weighted by atomic mass is 16.5. The van der Waals surface area contributed by atoms with Gasteiger partial charge >= 0.3 is 0 Å². The number of H-pyrrole nitrogens is 1. The van der Waals surface area contributed by atoms with E-state index in [1.807, 2.05) is 30.3 Å². The van der Waals surface area contributed by atoms with Gasteiger partial charge in [-0.05, 0) is 6.07 Å². The van der Waals surface area contributed by atoms with Gasteiger partial charge in [0.25, 0.3) is 5.89 Å². The molecule has 5 heteroatoms. The predicted molar refractivity (Wildman–Crippen MR) is 57.3 cm³/mol. The van der Waals surface area contributed by atoms with Crippen LogP contribution in [-0.2, 0) is 0 Å². The fourth-order valence-corrected chi connectivity index (χ4v) is 1.41. The van der Waals surface area contributed by atoms with Crippen molar-refractivity contribution in [1.82, 2.24) is 20.3 Å². The number of nitrogens with zero attached hydrogens (tertiary/aromatic N) is 3. The molecule has 1 aromatic carbocycles. The van der Waals surface area contributed by atoms with Crippen molar-refractivity contribution in [3.63, 3.8) is 0 Å². The molecule has 1 N–H and O–H groups in total. The minimum absolute atomic E-state index is 0.441. The highest BCUT2D eigenvalue weighted by Crippen LogP contribution is 2.19. The smallest absolute Gasteiger partial charge is 0.276 e. The van der Waals surface area contributed by atoms with Crippen LogP contribution in [0.2, 0.25) is 0 Å². The molecule has 2 heterocycles. The van der Waals surface area contributed by atoms with Crippen LogP contribution in [0.1, 0.15) is 0 Å². The predicted octanol–water partition coefficient (Wildman–Crippen LogP) is 2.13. The second-order valence-corrected chi connectivity index (χ2v) is 3.26. The van der Waals surface area contributed by atoms with Gasteiger partial charge < -0.3 is 4.52 Å². The van der Waals surface area contributed by atoms with Crippen molar-refractivity contribution in [2.45, 2.75) is 0 Å². The Kier molecular flexibility index (Phi) is 2.00. The van der Waals surface area contributed by atoms with Crippen molar-refractivity contribution in [1.29, 1.82) is 0 Å². The molecule has 78 valence electrons. The van der Waals surface area contributed by atoms with E-state index >= 15 is 0 Å². The third kappa shape index (κ3) is 1.48. The van der Waals surface area contributed by atoms with E-state index in [2.05, 4.69) is 20.3 Å². The van der Waals surface area contributed by atoms with Crippen LogP contribution >= 0.6 is 0 Å². The van der Waals surface area contributed by atoms with Crippen LogP contribution < -0.4 is 0 Å². The van der Waals surface area contributed by atoms with E-state index in [4.69, 9.17) is 4.52 Å². The van der Waals surface area contributed by atoms with Gasteiger partial charge in [0.2, 0.25) is 5.82 Å². The van der Waals surface area contributed by atoms with E-state index in [9.17, 15) is 0 Å². The average molecular weight is 212 g/mol. The highest BCUT2D eigenvalue weighted by Gasteiger charge is 2.10. The van der Waals surface area contributed by atoms with E-state index in [1.54, 1.807) is 12.3 Å². The number of aromatic amines is 1. The second kappa shape index (κ2) is 3.62. The average Bonchev–Trinajstić information content (AvgIpc) is 3.01. The molecule has 0 atom stereocenters. The molecular formula is C11H8N4O. The minimum Gasteiger partial charge on any atom is -0.332 e. The fourth-order valence-electron chi connectivity index (χ4n) is 1.41. The third-order valence-electron chi connectivity index (χ3n) is 2.19. The zero-order chi connectivity index (χ0) is 10.8. The van der Waals surface area contributed by atoms with Crippen LogP contribution in [0.3, 0.4) is 0 Å². The van der Waals surface area contributed by atoms with Crippen LogP contribution in [0, 0.1) is 0 Å². The molecule has 0 unspecified atom stereocenters. The monoisotopic (exact) mass is 212 g/mol. The van der Waals surface area contributed by atoms with Crippen LogP contribution in [0.25, 0.3) is 23.0 Å². The molecular weight excluding hydrogens is 204 g/mol. The quantitative estimate of drug-likeness (QED) is 0.706. The van der Waals surface area contributed by atoms with Gasteiger partial charge in [0.15, 0.2) is 0 Å². The lowest BCUT2D eigenvalue weighted by Crippen LogP contribution is -1.80. The Hall–Kier alpha value is -2.43. The van der Waals surface area contributed by atoms with Crippen LogP contribution in [0.4, 0.5) is 0 Å². The number of benzene rings is 1. The summed E-state index contributed by atoms with van der Waals surface area (Å²) in [7, 11) is 0. The number of hydrogen-bond acceptors (Lipinski definition) is 4. The van der Waals surface area contributed by atoms with E-state index in [1.165, 1.54) is 0 Å². The Balaban J connectivity index is 2.00. The minimum atomic E-state index is 0.441. The normalized spacial score (nSPS) is 10.5. The van der Waals surface area contributed by atoms with Gasteiger partial charge in [0, 0.05) is 11.8 Å². The standard InChI is InChI=1S/C11H8N4O/c1-2-4-8(5-3-1)10-13-11(16-15-10)9-6-7-12-14-9/h1-7H,(H,12,14). The first kappa shape index (κ1) is 8.84. The van der Waals surface area contributed by atoms with Gasteiger partial charge in [-0.3, -0.25) is 5.10 Å². The lowest BCUT2D eigenvalue weighted by molar-refractivity contribution is 0.431. The lowest BCUT2D eigenvalue weighted by Gasteiger charge is -1.90. The summed E-state index contributed by atoms with van der Waals surface area (Å²) in [6.07, 6.45) is 1.64. The lowest BCUT2D eigenvalue weighted by atomic mass is 10.2. The largest absolute Gasteiger partial charge is 0.332 e. The SMILES string of the molecule is c1ccc(-c2noc(-c3ccn[nH]3)n2)cc1. The third-order valence-corrected chi connectivity index (χ3v) is 2.19. The summed E-state index contributed by atoms with van der Waals surface area (Å²) in [6.45, 7) is 0. The number of aromatic nitrogens is 4. The molecule has 3 aromatic rings. The molecule has 0 fully saturated rings. The van der Waals surface area contributed by atoms with Gasteiger partial charge in [-0.15, -0.1) is 0 Å². The first-order valence-corrected chi connectivity index (χ1v) is 4.82. The maximum atomic E-state index is 5.13. The highest BCUT2D eigenvalue weighted by molar-refractivity contribution is 5.57. The molecule has 3 rings (SSSR count). The van der Waals surface area contributed by atoms with Crippen LogP contribution in [-0.4, -0.2) is 20.3 Å². The topological polar surface area (TPSA) is 67.6 Å². The van der Waals surface area contributed by atoms with Crippen LogP contribution in [0.5, 0.6) is 0 Å². The summed E-state index contributed by atoms with van der Waals surface area (Å²) in [5, 5.41) is 10.5. The van der Waals surface area contributed by atoms with Crippen molar-refractivity contribution in [3.05, 3.63) is 42.6 Å². The van der Waals surface area contributed by atoms with Crippen molar-refractivity contribution in [2.75, 3.05) is 0 Å². The first-order valence-electron chi connectivity index (χ1n) is 4.82. The van der Waals surface area contributed by atoms with Gasteiger partial charge in [0.1, 0.15) is 5.69 Å². The summed E-state index contributed by atoms with van der Waals surface area (Å²) in [6, 6.07) is 11.5. The zero-order valence-electron chi connectivity index (χ0n) is 8.29. The second-order valence-electron chi connectivity index (χ2n) is 3.26. The summed E-state index contributed by atoms with van der Waals surface area (Å²) < 4.78 is 5.13. The van der Waals surface area contributed by atoms with Crippen molar-refractivity contribution in [2.24, 2.45) is 0 Å². The van der Waals surface area contributed by atoms with Crippen LogP contribution in [0.15, 0.2) is 47.1 Å². The van der Waals surface area contributed by atoms with Crippen molar-refractivity contribution in [3.8, 4) is 23.0 Å². The Bertz CT molecular complexity index is 571. The number of hydrogen-bond donors (Lipinski definition) is 1. The molecule has 0 saturated heterocycles. The summed E-state index contributed by atoms with van der Waals surface area (Å²) in [5.41, 5.74) is 1.65. The molecule has 5 nitrogen and oxygen atoms in total. The Morgan fingerprint density at radius 3 is 2.69 bits per heavy atom. The molecule has 0 amide bonds. The van der Waals surface area contributed by atoms with E-state index in [-0.39, 0.29) is 0 Å². The Labute approximate surface area is 91.1 Å². The zero-order valence-corrected chi connectivity index (χ0v) is 8.29. The maximum absolute atomic E-state index is 5.13. The maximum Gasteiger partial charge on any atom is 0.276 e. The molecule has 0 radical (unpaired) electrons. The molecule has 0 aliphatic carbocycles. The molecule has 0 aliphatic heterocycles. The van der Waals surface area contributed by atoms with E-state index in [0.717, 1.165) is 11.3 Å². The molecule has 0 bridgehead atoms. The molecule has 0 aliphatic rings. The molecule has 2 aromatic heterocycles. The fraction of sp³-hybridized carbons (Fsp3) is 0. The molecule has 0 spiro atoms. The number of nitrogens with one attached hydrogen (secondary N) is 1.